The first-order valence-corrected chi connectivity index (χ1v) is 11.8. The van der Waals surface area contributed by atoms with E-state index in [9.17, 15) is 40.3 Å². The molecule has 5 N–H and O–H groups in total. The number of benzene rings is 1. The van der Waals surface area contributed by atoms with E-state index in [0.29, 0.717) is 18.6 Å². The Morgan fingerprint density at radius 3 is 2.23 bits per heavy atom. The van der Waals surface area contributed by atoms with Crippen LogP contribution in [0.15, 0.2) is 24.5 Å². The number of carbonyl (C=O) groups excluding carboxylic acids is 2. The summed E-state index contributed by atoms with van der Waals surface area (Å²) >= 11 is 0. The molecule has 2 aromatic rings. The number of hydrogen-bond donors (Lipinski definition) is 3. The van der Waals surface area contributed by atoms with Crippen molar-refractivity contribution in [3.05, 3.63) is 41.5 Å². The molecule has 2 saturated heterocycles. The monoisotopic (exact) mass is 563 g/mol. The molecule has 0 saturated carbocycles. The van der Waals surface area contributed by atoms with Gasteiger partial charge in [-0.3, -0.25) is 9.59 Å². The van der Waals surface area contributed by atoms with E-state index in [1.165, 1.54) is 9.80 Å². The van der Waals surface area contributed by atoms with E-state index in [4.69, 9.17) is 11.5 Å². The van der Waals surface area contributed by atoms with Crippen LogP contribution in [0.5, 0.6) is 0 Å². The minimum atomic E-state index is -5.06. The van der Waals surface area contributed by atoms with Gasteiger partial charge in [0.25, 0.3) is 0 Å². The zero-order valence-electron chi connectivity index (χ0n) is 20.2. The number of anilines is 3. The maximum Gasteiger partial charge on any atom is 0.416 e. The van der Waals surface area contributed by atoms with Crippen molar-refractivity contribution in [2.24, 2.45) is 11.7 Å². The first kappa shape index (κ1) is 28.2. The highest BCUT2D eigenvalue weighted by atomic mass is 19.4. The molecule has 2 amide bonds. The largest absolute Gasteiger partial charge is 0.416 e. The van der Waals surface area contributed by atoms with Crippen LogP contribution >= 0.6 is 0 Å². The fraction of sp³-hybridized carbons (Fsp3) is 0.478. The Morgan fingerprint density at radius 2 is 1.64 bits per heavy atom. The Morgan fingerprint density at radius 1 is 1.00 bits per heavy atom. The standard InChI is InChI=1S/C23H24F7N7O2/c24-17-18(31)33-10-34-20(17)36-5-3-14(19(32)38)16(9-36)37-4-1-2-15(21(37)39)35-13-7-11(22(25,26)27)6-12(8-13)23(28,29)30/h6-8,10,14-16,35H,1-5,9H2,(H2,32,38)(H2,31,33,34)/t14-,15?,16-/m0/s1. The summed E-state index contributed by atoms with van der Waals surface area (Å²) in [5.41, 5.74) is 7.52. The van der Waals surface area contributed by atoms with E-state index in [0.717, 1.165) is 6.33 Å². The van der Waals surface area contributed by atoms with Crippen molar-refractivity contribution >= 4 is 29.1 Å². The number of carbonyl (C=O) groups is 2. The van der Waals surface area contributed by atoms with Crippen molar-refractivity contribution in [1.82, 2.24) is 14.9 Å². The highest BCUT2D eigenvalue weighted by Gasteiger charge is 2.43. The molecule has 4 rings (SSSR count). The SMILES string of the molecule is NC(=O)[C@H]1CCN(c2ncnc(N)c2F)C[C@@H]1N1CCCC(Nc2cc(C(F)(F)F)cc(C(F)(F)F)c2)C1=O. The van der Waals surface area contributed by atoms with Crippen molar-refractivity contribution in [2.75, 3.05) is 35.6 Å². The smallest absolute Gasteiger partial charge is 0.381 e. The van der Waals surface area contributed by atoms with Crippen LogP contribution in [-0.2, 0) is 21.9 Å². The van der Waals surface area contributed by atoms with E-state index in [1.54, 1.807) is 0 Å². The van der Waals surface area contributed by atoms with Crippen molar-refractivity contribution in [3.63, 3.8) is 0 Å². The van der Waals surface area contributed by atoms with Crippen LogP contribution in [0.3, 0.4) is 0 Å². The van der Waals surface area contributed by atoms with E-state index in [1.807, 2.05) is 0 Å². The van der Waals surface area contributed by atoms with Crippen molar-refractivity contribution in [1.29, 1.82) is 0 Å². The molecule has 2 aliphatic rings. The van der Waals surface area contributed by atoms with Crippen LogP contribution in [0.25, 0.3) is 0 Å². The fourth-order valence-corrected chi connectivity index (χ4v) is 4.97. The zero-order valence-corrected chi connectivity index (χ0v) is 20.2. The molecule has 1 unspecified atom stereocenters. The zero-order chi connectivity index (χ0) is 28.7. The molecular weight excluding hydrogens is 539 g/mol. The van der Waals surface area contributed by atoms with E-state index < -0.39 is 70.6 Å². The number of alkyl halides is 6. The quantitative estimate of drug-likeness (QED) is 0.477. The van der Waals surface area contributed by atoms with Crippen LogP contribution < -0.4 is 21.7 Å². The van der Waals surface area contributed by atoms with Gasteiger partial charge in [-0.2, -0.15) is 30.7 Å². The first-order valence-electron chi connectivity index (χ1n) is 11.8. The van der Waals surface area contributed by atoms with Crippen LogP contribution in [-0.4, -0.2) is 58.4 Å². The molecule has 3 atom stereocenters. The van der Waals surface area contributed by atoms with Gasteiger partial charge in [0, 0.05) is 25.3 Å². The summed E-state index contributed by atoms with van der Waals surface area (Å²) in [4.78, 5) is 35.9. The Balaban J connectivity index is 1.61. The van der Waals surface area contributed by atoms with Gasteiger partial charge in [0.2, 0.25) is 17.6 Å². The summed E-state index contributed by atoms with van der Waals surface area (Å²) in [7, 11) is 0. The van der Waals surface area contributed by atoms with Crippen LogP contribution in [0.1, 0.15) is 30.4 Å². The van der Waals surface area contributed by atoms with Gasteiger partial charge in [0.15, 0.2) is 11.6 Å². The van der Waals surface area contributed by atoms with Crippen LogP contribution in [0, 0.1) is 11.7 Å². The molecule has 9 nitrogen and oxygen atoms in total. The molecule has 1 aromatic heterocycles. The molecule has 16 heteroatoms. The number of nitrogens with zero attached hydrogens (tertiary/aromatic N) is 4. The molecule has 3 heterocycles. The molecule has 2 aliphatic heterocycles. The lowest BCUT2D eigenvalue weighted by Gasteiger charge is -2.46. The third-order valence-electron chi connectivity index (χ3n) is 6.85. The Bertz CT molecular complexity index is 1220. The highest BCUT2D eigenvalue weighted by molar-refractivity contribution is 5.87. The summed E-state index contributed by atoms with van der Waals surface area (Å²) in [5.74, 6) is -3.62. The van der Waals surface area contributed by atoms with E-state index in [2.05, 4.69) is 15.3 Å². The number of nitrogens with two attached hydrogens (primary N) is 2. The molecule has 0 spiro atoms. The summed E-state index contributed by atoms with van der Waals surface area (Å²) in [6.45, 7) is 0.233. The summed E-state index contributed by atoms with van der Waals surface area (Å²) in [6.07, 6.45) is -8.49. The topological polar surface area (TPSA) is 130 Å². The minimum Gasteiger partial charge on any atom is -0.381 e. The number of nitrogens with one attached hydrogen (secondary N) is 1. The highest BCUT2D eigenvalue weighted by Crippen LogP contribution is 2.38. The van der Waals surface area contributed by atoms with Gasteiger partial charge in [0.1, 0.15) is 12.4 Å². The average molecular weight is 563 g/mol. The maximum absolute atomic E-state index is 14.6. The molecule has 0 bridgehead atoms. The number of rotatable bonds is 5. The molecule has 39 heavy (non-hydrogen) atoms. The second-order valence-corrected chi connectivity index (χ2v) is 9.37. The second kappa shape index (κ2) is 10.4. The van der Waals surface area contributed by atoms with E-state index in [-0.39, 0.29) is 44.4 Å². The number of likely N-dealkylation sites (tertiary alicyclic amines) is 1. The summed E-state index contributed by atoms with van der Waals surface area (Å²) in [5, 5.41) is 2.51. The van der Waals surface area contributed by atoms with Gasteiger partial charge in [-0.1, -0.05) is 0 Å². The predicted molar refractivity (Wildman–Crippen MR) is 125 cm³/mol. The summed E-state index contributed by atoms with van der Waals surface area (Å²) in [6, 6.07) is -1.06. The number of halogens is 7. The molecule has 0 aliphatic carbocycles. The Kier molecular flexibility index (Phi) is 7.49. The number of hydrogen-bond acceptors (Lipinski definition) is 7. The molecule has 212 valence electrons. The van der Waals surface area contributed by atoms with Gasteiger partial charge in [-0.05, 0) is 37.5 Å². The van der Waals surface area contributed by atoms with Gasteiger partial charge in [0.05, 0.1) is 23.1 Å². The minimum absolute atomic E-state index is 0.00668. The molecule has 0 radical (unpaired) electrons. The first-order chi connectivity index (χ1) is 18.2. The second-order valence-electron chi connectivity index (χ2n) is 9.37. The normalized spacial score (nSPS) is 22.6. The van der Waals surface area contributed by atoms with Gasteiger partial charge in [-0.15, -0.1) is 0 Å². The number of primary amides is 1. The number of amides is 2. The van der Waals surface area contributed by atoms with Crippen molar-refractivity contribution in [3.8, 4) is 0 Å². The lowest BCUT2D eigenvalue weighted by atomic mass is 9.87. The van der Waals surface area contributed by atoms with Crippen molar-refractivity contribution in [2.45, 2.75) is 43.7 Å². The van der Waals surface area contributed by atoms with Gasteiger partial charge in [-0.25, -0.2) is 9.97 Å². The fourth-order valence-electron chi connectivity index (χ4n) is 4.97. The number of piperidine rings is 2. The predicted octanol–water partition coefficient (Wildman–Crippen LogP) is 3.02. The summed E-state index contributed by atoms with van der Waals surface area (Å²) < 4.78 is 94.3. The van der Waals surface area contributed by atoms with Crippen molar-refractivity contribution < 1.29 is 40.3 Å². The lowest BCUT2D eigenvalue weighted by molar-refractivity contribution is -0.143. The third kappa shape index (κ3) is 5.93. The molecule has 1 aromatic carbocycles. The third-order valence-corrected chi connectivity index (χ3v) is 6.85. The van der Waals surface area contributed by atoms with Gasteiger partial charge < -0.3 is 26.6 Å². The molecular formula is C23H24F7N7O2. The van der Waals surface area contributed by atoms with Gasteiger partial charge >= 0.3 is 12.4 Å². The lowest BCUT2D eigenvalue weighted by Crippen LogP contribution is -2.61. The Labute approximate surface area is 217 Å². The number of aromatic nitrogens is 2. The number of nitrogen functional groups attached to an aromatic ring is 1. The Hall–Kier alpha value is -3.85. The van der Waals surface area contributed by atoms with Crippen LogP contribution in [0.2, 0.25) is 0 Å². The van der Waals surface area contributed by atoms with Crippen LogP contribution in [0.4, 0.5) is 48.1 Å². The average Bonchev–Trinajstić information content (AvgIpc) is 2.85. The molecule has 2 fully saturated rings. The maximum atomic E-state index is 14.6. The van der Waals surface area contributed by atoms with E-state index >= 15 is 0 Å².